The van der Waals surface area contributed by atoms with Crippen LogP contribution in [0.25, 0.3) is 0 Å². The quantitative estimate of drug-likeness (QED) is 0.858. The summed E-state index contributed by atoms with van der Waals surface area (Å²) in [4.78, 5) is 14.3. The second-order valence-corrected chi connectivity index (χ2v) is 6.11. The molecule has 1 amide bonds. The van der Waals surface area contributed by atoms with Gasteiger partial charge < -0.3 is 15.5 Å². The molecule has 3 rings (SSSR count). The molecule has 0 saturated carbocycles. The van der Waals surface area contributed by atoms with Crippen molar-refractivity contribution in [2.45, 2.75) is 32.4 Å². The summed E-state index contributed by atoms with van der Waals surface area (Å²) in [5.74, 6) is 0.107. The molecular weight excluding hydrogens is 298 g/mol. The molecule has 1 fully saturated rings. The molecule has 2 N–H and O–H groups in total. The maximum absolute atomic E-state index is 12.0. The maximum Gasteiger partial charge on any atom is 0.237 e. The lowest BCUT2D eigenvalue weighted by Gasteiger charge is -2.23. The van der Waals surface area contributed by atoms with E-state index in [9.17, 15) is 4.79 Å². The van der Waals surface area contributed by atoms with E-state index in [2.05, 4.69) is 71.0 Å². The fourth-order valence-electron chi connectivity index (χ4n) is 3.14. The van der Waals surface area contributed by atoms with Crippen molar-refractivity contribution in [1.29, 1.82) is 0 Å². The number of hydrogen-bond acceptors (Lipinski definition) is 3. The van der Waals surface area contributed by atoms with Gasteiger partial charge in [-0.05, 0) is 56.1 Å². The van der Waals surface area contributed by atoms with Crippen molar-refractivity contribution in [3.8, 4) is 0 Å². The molecule has 4 nitrogen and oxygen atoms in total. The molecule has 2 aromatic rings. The largest absolute Gasteiger partial charge is 0.351 e. The standard InChI is InChI=1S/C20H25N3O/c1-2-23(17-7-4-3-5-8-17)18-12-10-16(11-13-18)15-22-20(24)19-9-6-14-21-19/h3-5,7-8,10-13,19,21H,2,6,9,14-15H2,1H3,(H,22,24). The Kier molecular flexibility index (Phi) is 5.49. The van der Waals surface area contributed by atoms with Gasteiger partial charge in [0.2, 0.25) is 5.91 Å². The molecule has 1 saturated heterocycles. The van der Waals surface area contributed by atoms with Crippen molar-refractivity contribution < 1.29 is 4.79 Å². The molecule has 0 spiro atoms. The molecule has 0 aromatic heterocycles. The number of rotatable bonds is 6. The van der Waals surface area contributed by atoms with E-state index < -0.39 is 0 Å². The van der Waals surface area contributed by atoms with Crippen LogP contribution in [0.3, 0.4) is 0 Å². The number of para-hydroxylation sites is 1. The third kappa shape index (κ3) is 3.95. The van der Waals surface area contributed by atoms with Gasteiger partial charge >= 0.3 is 0 Å². The van der Waals surface area contributed by atoms with Gasteiger partial charge in [0.15, 0.2) is 0 Å². The van der Waals surface area contributed by atoms with E-state index in [1.165, 1.54) is 5.69 Å². The number of hydrogen-bond donors (Lipinski definition) is 2. The second-order valence-electron chi connectivity index (χ2n) is 6.11. The van der Waals surface area contributed by atoms with Crippen molar-refractivity contribution in [3.63, 3.8) is 0 Å². The minimum absolute atomic E-state index is 0.0158. The Balaban J connectivity index is 1.61. The predicted octanol–water partition coefficient (Wildman–Crippen LogP) is 3.21. The van der Waals surface area contributed by atoms with Gasteiger partial charge in [0.25, 0.3) is 0 Å². The lowest BCUT2D eigenvalue weighted by molar-refractivity contribution is -0.122. The van der Waals surface area contributed by atoms with Crippen LogP contribution in [-0.2, 0) is 11.3 Å². The van der Waals surface area contributed by atoms with Gasteiger partial charge in [-0.3, -0.25) is 4.79 Å². The van der Waals surface area contributed by atoms with Gasteiger partial charge in [0.05, 0.1) is 6.04 Å². The SMILES string of the molecule is CCN(c1ccccc1)c1ccc(CNC(=O)C2CCCN2)cc1. The first kappa shape index (κ1) is 16.5. The van der Waals surface area contributed by atoms with Crippen LogP contribution in [0.4, 0.5) is 11.4 Å². The van der Waals surface area contributed by atoms with Crippen molar-refractivity contribution in [1.82, 2.24) is 10.6 Å². The highest BCUT2D eigenvalue weighted by molar-refractivity contribution is 5.82. The van der Waals surface area contributed by atoms with Crippen molar-refractivity contribution in [2.24, 2.45) is 0 Å². The Labute approximate surface area is 143 Å². The van der Waals surface area contributed by atoms with E-state index in [1.54, 1.807) is 0 Å². The first-order valence-corrected chi connectivity index (χ1v) is 8.70. The zero-order chi connectivity index (χ0) is 16.8. The van der Waals surface area contributed by atoms with Gasteiger partial charge in [-0.2, -0.15) is 0 Å². The Bertz CT molecular complexity index is 648. The third-order valence-corrected chi connectivity index (χ3v) is 4.48. The molecule has 1 heterocycles. The Morgan fingerprint density at radius 1 is 1.12 bits per heavy atom. The molecule has 24 heavy (non-hydrogen) atoms. The normalized spacial score (nSPS) is 16.8. The van der Waals surface area contributed by atoms with Gasteiger partial charge in [-0.25, -0.2) is 0 Å². The van der Waals surface area contributed by atoms with Gasteiger partial charge in [0, 0.05) is 24.5 Å². The zero-order valence-corrected chi connectivity index (χ0v) is 14.2. The van der Waals surface area contributed by atoms with E-state index in [4.69, 9.17) is 0 Å². The van der Waals surface area contributed by atoms with Gasteiger partial charge in [-0.15, -0.1) is 0 Å². The smallest absolute Gasteiger partial charge is 0.237 e. The summed E-state index contributed by atoms with van der Waals surface area (Å²) in [6.07, 6.45) is 2.02. The highest BCUT2D eigenvalue weighted by Gasteiger charge is 2.21. The predicted molar refractivity (Wildman–Crippen MR) is 98.4 cm³/mol. The number of nitrogens with zero attached hydrogens (tertiary/aromatic N) is 1. The fourth-order valence-corrected chi connectivity index (χ4v) is 3.14. The summed E-state index contributed by atoms with van der Waals surface area (Å²) in [5, 5.41) is 6.24. The maximum atomic E-state index is 12.0. The van der Waals surface area contributed by atoms with Crippen LogP contribution in [0.15, 0.2) is 54.6 Å². The first-order chi connectivity index (χ1) is 11.8. The molecule has 4 heteroatoms. The summed E-state index contributed by atoms with van der Waals surface area (Å²) in [6.45, 7) is 4.58. The Morgan fingerprint density at radius 3 is 2.46 bits per heavy atom. The van der Waals surface area contributed by atoms with Crippen LogP contribution in [0, 0.1) is 0 Å². The number of carbonyl (C=O) groups is 1. The van der Waals surface area contributed by atoms with E-state index in [1.807, 2.05) is 6.07 Å². The first-order valence-electron chi connectivity index (χ1n) is 8.70. The summed E-state index contributed by atoms with van der Waals surface area (Å²) in [6, 6.07) is 18.8. The minimum Gasteiger partial charge on any atom is -0.351 e. The van der Waals surface area contributed by atoms with E-state index in [0.717, 1.165) is 37.2 Å². The van der Waals surface area contributed by atoms with Crippen LogP contribution in [0.2, 0.25) is 0 Å². The molecular formula is C20H25N3O. The zero-order valence-electron chi connectivity index (χ0n) is 14.2. The molecule has 1 aliphatic rings. The topological polar surface area (TPSA) is 44.4 Å². The summed E-state index contributed by atoms with van der Waals surface area (Å²) < 4.78 is 0. The molecule has 1 aliphatic heterocycles. The minimum atomic E-state index is -0.0158. The van der Waals surface area contributed by atoms with Gasteiger partial charge in [-0.1, -0.05) is 30.3 Å². The Morgan fingerprint density at radius 2 is 1.83 bits per heavy atom. The molecule has 0 aliphatic carbocycles. The van der Waals surface area contributed by atoms with Crippen LogP contribution >= 0.6 is 0 Å². The highest BCUT2D eigenvalue weighted by atomic mass is 16.2. The number of nitrogens with one attached hydrogen (secondary N) is 2. The van der Waals surface area contributed by atoms with Crippen molar-refractivity contribution >= 4 is 17.3 Å². The molecule has 1 unspecified atom stereocenters. The summed E-state index contributed by atoms with van der Waals surface area (Å²) in [7, 11) is 0. The molecule has 126 valence electrons. The Hall–Kier alpha value is -2.33. The average Bonchev–Trinajstić information content (AvgIpc) is 3.17. The summed E-state index contributed by atoms with van der Waals surface area (Å²) >= 11 is 0. The van der Waals surface area contributed by atoms with E-state index in [-0.39, 0.29) is 11.9 Å². The molecule has 1 atom stereocenters. The van der Waals surface area contributed by atoms with Gasteiger partial charge in [0.1, 0.15) is 0 Å². The number of carbonyl (C=O) groups excluding carboxylic acids is 1. The van der Waals surface area contributed by atoms with Crippen LogP contribution in [-0.4, -0.2) is 25.0 Å². The van der Waals surface area contributed by atoms with Crippen LogP contribution in [0.5, 0.6) is 0 Å². The van der Waals surface area contributed by atoms with E-state index in [0.29, 0.717) is 6.54 Å². The molecule has 0 radical (unpaired) electrons. The number of amides is 1. The second kappa shape index (κ2) is 7.97. The number of anilines is 2. The van der Waals surface area contributed by atoms with Crippen molar-refractivity contribution in [2.75, 3.05) is 18.0 Å². The molecule has 2 aromatic carbocycles. The monoisotopic (exact) mass is 323 g/mol. The number of benzene rings is 2. The lowest BCUT2D eigenvalue weighted by Crippen LogP contribution is -2.39. The van der Waals surface area contributed by atoms with E-state index >= 15 is 0 Å². The van der Waals surface area contributed by atoms with Crippen LogP contribution in [0.1, 0.15) is 25.3 Å². The lowest BCUT2D eigenvalue weighted by atomic mass is 10.1. The fraction of sp³-hybridized carbons (Fsp3) is 0.350. The van der Waals surface area contributed by atoms with Crippen molar-refractivity contribution in [3.05, 3.63) is 60.2 Å². The summed E-state index contributed by atoms with van der Waals surface area (Å²) in [5.41, 5.74) is 3.47. The average molecular weight is 323 g/mol. The third-order valence-electron chi connectivity index (χ3n) is 4.48. The highest BCUT2D eigenvalue weighted by Crippen LogP contribution is 2.24. The molecule has 0 bridgehead atoms. The van der Waals surface area contributed by atoms with Crippen LogP contribution < -0.4 is 15.5 Å².